The van der Waals surface area contributed by atoms with Crippen LogP contribution in [0.3, 0.4) is 0 Å². The Morgan fingerprint density at radius 2 is 1.92 bits per heavy atom. The Labute approximate surface area is 81.4 Å². The highest BCUT2D eigenvalue weighted by atomic mass is 14.7. The summed E-state index contributed by atoms with van der Waals surface area (Å²) < 4.78 is 0. The van der Waals surface area contributed by atoms with Crippen molar-refractivity contribution in [1.29, 1.82) is 0 Å². The molecule has 0 radical (unpaired) electrons. The largest absolute Gasteiger partial charge is 0.327 e. The molecule has 2 N–H and O–H groups in total. The van der Waals surface area contributed by atoms with E-state index in [1.165, 1.54) is 51.4 Å². The van der Waals surface area contributed by atoms with E-state index in [-0.39, 0.29) is 0 Å². The predicted octanol–water partition coefficient (Wildman–Crippen LogP) is 3.00. The summed E-state index contributed by atoms with van der Waals surface area (Å²) in [5, 5.41) is 0. The molecule has 1 fully saturated rings. The van der Waals surface area contributed by atoms with Crippen LogP contribution >= 0.6 is 0 Å². The molecule has 0 amide bonds. The fourth-order valence-corrected chi connectivity index (χ4v) is 2.82. The Kier molecular flexibility index (Phi) is 3.05. The van der Waals surface area contributed by atoms with Gasteiger partial charge < -0.3 is 5.73 Å². The lowest BCUT2D eigenvalue weighted by Gasteiger charge is -2.32. The highest BCUT2D eigenvalue weighted by Gasteiger charge is 2.25. The van der Waals surface area contributed by atoms with Crippen LogP contribution in [0.2, 0.25) is 0 Å². The molecule has 1 saturated carbocycles. The zero-order chi connectivity index (χ0) is 9.10. The van der Waals surface area contributed by atoms with Crippen molar-refractivity contribution in [3.8, 4) is 0 Å². The fourth-order valence-electron chi connectivity index (χ4n) is 2.82. The second-order valence-corrected chi connectivity index (χ2v) is 4.58. The summed E-state index contributed by atoms with van der Waals surface area (Å²) >= 11 is 0. The number of hydrogen-bond acceptors (Lipinski definition) is 1. The number of nitrogens with two attached hydrogens (primary N) is 1. The molecule has 1 heteroatoms. The van der Waals surface area contributed by atoms with Gasteiger partial charge in [0.05, 0.1) is 0 Å². The first kappa shape index (κ1) is 9.26. The summed E-state index contributed by atoms with van der Waals surface area (Å²) in [7, 11) is 0. The average molecular weight is 179 g/mol. The van der Waals surface area contributed by atoms with Gasteiger partial charge in [-0.3, -0.25) is 0 Å². The maximum Gasteiger partial charge on any atom is 0.0105 e. The lowest BCUT2D eigenvalue weighted by Crippen LogP contribution is -2.34. The molecule has 0 bridgehead atoms. The third kappa shape index (κ3) is 2.14. The smallest absolute Gasteiger partial charge is 0.0105 e. The SMILES string of the molecule is NC1CCCCC1C1=CCCCC1. The van der Waals surface area contributed by atoms with Gasteiger partial charge in [0.2, 0.25) is 0 Å². The van der Waals surface area contributed by atoms with Crippen LogP contribution in [-0.4, -0.2) is 6.04 Å². The molecule has 1 nitrogen and oxygen atoms in total. The van der Waals surface area contributed by atoms with Crippen molar-refractivity contribution in [2.75, 3.05) is 0 Å². The van der Waals surface area contributed by atoms with Gasteiger partial charge in [-0.25, -0.2) is 0 Å². The minimum atomic E-state index is 0.470. The normalized spacial score (nSPS) is 35.6. The Morgan fingerprint density at radius 1 is 1.08 bits per heavy atom. The zero-order valence-electron chi connectivity index (χ0n) is 8.47. The molecule has 0 heterocycles. The fraction of sp³-hybridized carbons (Fsp3) is 0.833. The Balaban J connectivity index is 2.00. The third-order valence-electron chi connectivity index (χ3n) is 3.62. The van der Waals surface area contributed by atoms with Crippen molar-refractivity contribution in [1.82, 2.24) is 0 Å². The van der Waals surface area contributed by atoms with Crippen molar-refractivity contribution in [2.45, 2.75) is 57.4 Å². The maximum atomic E-state index is 6.17. The molecule has 0 saturated heterocycles. The summed E-state index contributed by atoms with van der Waals surface area (Å²) in [6.07, 6.45) is 13.3. The summed E-state index contributed by atoms with van der Waals surface area (Å²) in [6.45, 7) is 0. The Morgan fingerprint density at radius 3 is 2.62 bits per heavy atom. The number of allylic oxidation sites excluding steroid dienone is 1. The van der Waals surface area contributed by atoms with E-state index in [4.69, 9.17) is 5.73 Å². The van der Waals surface area contributed by atoms with Gasteiger partial charge in [0.15, 0.2) is 0 Å². The highest BCUT2D eigenvalue weighted by Crippen LogP contribution is 2.33. The summed E-state index contributed by atoms with van der Waals surface area (Å²) in [5.74, 6) is 0.744. The number of rotatable bonds is 1. The molecule has 2 unspecified atom stereocenters. The van der Waals surface area contributed by atoms with Crippen molar-refractivity contribution >= 4 is 0 Å². The molecule has 2 aliphatic rings. The predicted molar refractivity (Wildman–Crippen MR) is 56.5 cm³/mol. The molecule has 0 spiro atoms. The van der Waals surface area contributed by atoms with Crippen molar-refractivity contribution in [2.24, 2.45) is 11.7 Å². The molecular formula is C12H21N. The topological polar surface area (TPSA) is 26.0 Å². The molecule has 74 valence electrons. The molecule has 0 aromatic heterocycles. The molecule has 2 rings (SSSR count). The summed E-state index contributed by atoms with van der Waals surface area (Å²) in [4.78, 5) is 0. The maximum absolute atomic E-state index is 6.17. The van der Waals surface area contributed by atoms with E-state index in [9.17, 15) is 0 Å². The van der Waals surface area contributed by atoms with Gasteiger partial charge in [-0.1, -0.05) is 24.5 Å². The Hall–Kier alpha value is -0.300. The van der Waals surface area contributed by atoms with Gasteiger partial charge in [-0.2, -0.15) is 0 Å². The second kappa shape index (κ2) is 4.28. The quantitative estimate of drug-likeness (QED) is 0.615. The van der Waals surface area contributed by atoms with Gasteiger partial charge in [0.1, 0.15) is 0 Å². The third-order valence-corrected chi connectivity index (χ3v) is 3.62. The van der Waals surface area contributed by atoms with Crippen LogP contribution in [0.15, 0.2) is 11.6 Å². The molecule has 2 atom stereocenters. The zero-order valence-corrected chi connectivity index (χ0v) is 8.47. The van der Waals surface area contributed by atoms with Gasteiger partial charge in [-0.15, -0.1) is 0 Å². The van der Waals surface area contributed by atoms with E-state index in [1.807, 2.05) is 0 Å². The Bertz CT molecular complexity index is 195. The van der Waals surface area contributed by atoms with E-state index in [0.29, 0.717) is 6.04 Å². The first-order valence-corrected chi connectivity index (χ1v) is 5.82. The summed E-state index contributed by atoms with van der Waals surface area (Å²) in [5.41, 5.74) is 7.86. The lowest BCUT2D eigenvalue weighted by atomic mass is 9.77. The lowest BCUT2D eigenvalue weighted by molar-refractivity contribution is 0.336. The molecule has 0 aromatic carbocycles. The van der Waals surface area contributed by atoms with Crippen LogP contribution in [-0.2, 0) is 0 Å². The minimum Gasteiger partial charge on any atom is -0.327 e. The van der Waals surface area contributed by atoms with E-state index >= 15 is 0 Å². The summed E-state index contributed by atoms with van der Waals surface area (Å²) in [6, 6.07) is 0.470. The van der Waals surface area contributed by atoms with E-state index in [1.54, 1.807) is 5.57 Å². The molecular weight excluding hydrogens is 158 g/mol. The monoisotopic (exact) mass is 179 g/mol. The molecule has 0 aromatic rings. The van der Waals surface area contributed by atoms with Crippen LogP contribution in [0, 0.1) is 5.92 Å². The van der Waals surface area contributed by atoms with Gasteiger partial charge >= 0.3 is 0 Å². The van der Waals surface area contributed by atoms with Gasteiger partial charge in [0.25, 0.3) is 0 Å². The van der Waals surface area contributed by atoms with Crippen LogP contribution in [0.5, 0.6) is 0 Å². The first-order chi connectivity index (χ1) is 6.38. The van der Waals surface area contributed by atoms with E-state index in [2.05, 4.69) is 6.08 Å². The van der Waals surface area contributed by atoms with E-state index < -0.39 is 0 Å². The molecule has 0 aliphatic heterocycles. The van der Waals surface area contributed by atoms with Crippen molar-refractivity contribution < 1.29 is 0 Å². The first-order valence-electron chi connectivity index (χ1n) is 5.82. The highest BCUT2D eigenvalue weighted by molar-refractivity contribution is 5.12. The van der Waals surface area contributed by atoms with Gasteiger partial charge in [-0.05, 0) is 44.4 Å². The van der Waals surface area contributed by atoms with Crippen molar-refractivity contribution in [3.63, 3.8) is 0 Å². The second-order valence-electron chi connectivity index (χ2n) is 4.58. The van der Waals surface area contributed by atoms with Crippen LogP contribution in [0.4, 0.5) is 0 Å². The molecule has 2 aliphatic carbocycles. The van der Waals surface area contributed by atoms with Crippen LogP contribution in [0.25, 0.3) is 0 Å². The standard InChI is InChI=1S/C12H21N/c13-12-9-5-4-8-11(12)10-6-2-1-3-7-10/h6,11-12H,1-5,7-9,13H2. The van der Waals surface area contributed by atoms with Crippen molar-refractivity contribution in [3.05, 3.63) is 11.6 Å². The van der Waals surface area contributed by atoms with Crippen LogP contribution < -0.4 is 5.73 Å². The average Bonchev–Trinajstić information content (AvgIpc) is 2.20. The van der Waals surface area contributed by atoms with Crippen LogP contribution in [0.1, 0.15) is 51.4 Å². The minimum absolute atomic E-state index is 0.470. The van der Waals surface area contributed by atoms with Gasteiger partial charge in [0, 0.05) is 6.04 Å². The number of hydrogen-bond donors (Lipinski definition) is 1. The van der Waals surface area contributed by atoms with E-state index in [0.717, 1.165) is 5.92 Å². The molecule has 13 heavy (non-hydrogen) atoms.